The van der Waals surface area contributed by atoms with Crippen LogP contribution in [-0.4, -0.2) is 77.4 Å². The van der Waals surface area contributed by atoms with E-state index < -0.39 is 42.8 Å². The van der Waals surface area contributed by atoms with Crippen molar-refractivity contribution in [2.75, 3.05) is 44.8 Å². The molecule has 0 spiro atoms. The van der Waals surface area contributed by atoms with E-state index in [2.05, 4.69) is 15.2 Å². The Kier molecular flexibility index (Phi) is 7.17. The molecule has 200 valence electrons. The molecule has 3 N–H and O–H groups in total. The van der Waals surface area contributed by atoms with E-state index >= 15 is 8.78 Å². The van der Waals surface area contributed by atoms with E-state index in [4.69, 9.17) is 0 Å². The van der Waals surface area contributed by atoms with Gasteiger partial charge in [-0.15, -0.1) is 0 Å². The molecule has 0 saturated carbocycles. The maximum Gasteiger partial charge on any atom is 0.283 e. The smallest absolute Gasteiger partial charge is 0.283 e. The molecule has 2 aromatic carbocycles. The highest BCUT2D eigenvalue weighted by molar-refractivity contribution is 5.85. The SMILES string of the molecule is CC1Cc2c([nH]c3ccccc23)C(c2c(F)cc(NC3CN(CCCF)C3)cc2F)N1CC(F)(F)CO. The van der Waals surface area contributed by atoms with Crippen molar-refractivity contribution in [1.29, 1.82) is 0 Å². The van der Waals surface area contributed by atoms with Crippen molar-refractivity contribution in [2.45, 2.75) is 43.8 Å². The van der Waals surface area contributed by atoms with Crippen molar-refractivity contribution in [2.24, 2.45) is 0 Å². The van der Waals surface area contributed by atoms with Crippen LogP contribution < -0.4 is 5.32 Å². The number of likely N-dealkylation sites (tertiary alicyclic amines) is 1. The standard InChI is InChI=1S/C27H31F5N4O/c1-16-9-20-19-5-2-3-6-23(19)34-25(20)26(36(16)14-27(31,32)15-37)24-21(29)10-17(11-22(24)30)33-18-12-35(13-18)8-4-7-28/h2-3,5-6,10-11,16,18,26,33-34,37H,4,7-9,12-15H2,1H3. The molecule has 0 bridgehead atoms. The number of hydrogen-bond acceptors (Lipinski definition) is 4. The van der Waals surface area contributed by atoms with Gasteiger partial charge in [-0.3, -0.25) is 14.2 Å². The Balaban J connectivity index is 1.50. The van der Waals surface area contributed by atoms with Crippen LogP contribution in [0.1, 0.15) is 36.2 Å². The Morgan fingerprint density at radius 1 is 1.14 bits per heavy atom. The number of aliphatic hydroxyl groups excluding tert-OH is 1. The summed E-state index contributed by atoms with van der Waals surface area (Å²) in [4.78, 5) is 6.66. The largest absolute Gasteiger partial charge is 0.390 e. The van der Waals surface area contributed by atoms with Gasteiger partial charge < -0.3 is 15.4 Å². The van der Waals surface area contributed by atoms with Gasteiger partial charge in [0.05, 0.1) is 25.3 Å². The van der Waals surface area contributed by atoms with E-state index in [-0.39, 0.29) is 24.0 Å². The van der Waals surface area contributed by atoms with Gasteiger partial charge in [0.1, 0.15) is 18.2 Å². The fourth-order valence-corrected chi connectivity index (χ4v) is 5.67. The lowest BCUT2D eigenvalue weighted by Crippen LogP contribution is -2.54. The molecule has 0 aliphatic carbocycles. The fourth-order valence-electron chi connectivity index (χ4n) is 5.67. The third kappa shape index (κ3) is 5.06. The number of halogens is 5. The van der Waals surface area contributed by atoms with Crippen LogP contribution in [0.5, 0.6) is 0 Å². The summed E-state index contributed by atoms with van der Waals surface area (Å²) < 4.78 is 72.5. The van der Waals surface area contributed by atoms with Gasteiger partial charge in [-0.25, -0.2) is 17.6 Å². The number of nitrogens with one attached hydrogen (secondary N) is 2. The average molecular weight is 523 g/mol. The zero-order valence-corrected chi connectivity index (χ0v) is 20.6. The van der Waals surface area contributed by atoms with Crippen LogP contribution in [0.25, 0.3) is 10.9 Å². The van der Waals surface area contributed by atoms with E-state index in [9.17, 15) is 18.3 Å². The van der Waals surface area contributed by atoms with Gasteiger partial charge >= 0.3 is 0 Å². The summed E-state index contributed by atoms with van der Waals surface area (Å²) in [5.41, 5.74) is 2.05. The predicted octanol–water partition coefficient (Wildman–Crippen LogP) is 4.87. The number of aromatic amines is 1. The van der Waals surface area contributed by atoms with E-state index in [1.807, 2.05) is 24.3 Å². The molecule has 37 heavy (non-hydrogen) atoms. The van der Waals surface area contributed by atoms with Gasteiger partial charge in [0.15, 0.2) is 0 Å². The number of alkyl halides is 3. The van der Waals surface area contributed by atoms with Crippen LogP contribution in [-0.2, 0) is 6.42 Å². The van der Waals surface area contributed by atoms with Crippen molar-refractivity contribution >= 4 is 16.6 Å². The average Bonchev–Trinajstić information content (AvgIpc) is 3.19. The lowest BCUT2D eigenvalue weighted by molar-refractivity contribution is -0.0869. The first-order valence-corrected chi connectivity index (χ1v) is 12.6. The van der Waals surface area contributed by atoms with E-state index in [0.717, 1.165) is 16.5 Å². The molecule has 1 saturated heterocycles. The van der Waals surface area contributed by atoms with E-state index in [0.29, 0.717) is 38.2 Å². The first-order chi connectivity index (χ1) is 17.7. The van der Waals surface area contributed by atoms with Gasteiger partial charge in [0.25, 0.3) is 5.92 Å². The molecule has 2 atom stereocenters. The zero-order valence-electron chi connectivity index (χ0n) is 20.6. The monoisotopic (exact) mass is 522 g/mol. The third-order valence-electron chi connectivity index (χ3n) is 7.45. The highest BCUT2D eigenvalue weighted by Gasteiger charge is 2.43. The number of aliphatic hydroxyl groups is 1. The number of para-hydroxylation sites is 1. The van der Waals surface area contributed by atoms with Gasteiger partial charge in [-0.1, -0.05) is 18.2 Å². The molecular formula is C27H31F5N4O. The second-order valence-electron chi connectivity index (χ2n) is 10.2. The summed E-state index contributed by atoms with van der Waals surface area (Å²) >= 11 is 0. The number of aromatic nitrogens is 1. The van der Waals surface area contributed by atoms with Crippen LogP contribution in [0.2, 0.25) is 0 Å². The second kappa shape index (κ2) is 10.2. The Hall–Kier alpha value is -2.69. The summed E-state index contributed by atoms with van der Waals surface area (Å²) in [6.07, 6.45) is 0.868. The van der Waals surface area contributed by atoms with Gasteiger partial charge in [0, 0.05) is 53.5 Å². The van der Waals surface area contributed by atoms with Crippen LogP contribution >= 0.6 is 0 Å². The number of anilines is 1. The van der Waals surface area contributed by atoms with Crippen molar-refractivity contribution < 1.29 is 27.1 Å². The van der Waals surface area contributed by atoms with Crippen molar-refractivity contribution in [3.63, 3.8) is 0 Å². The minimum atomic E-state index is -3.44. The lowest BCUT2D eigenvalue weighted by atomic mass is 9.87. The molecule has 1 fully saturated rings. The first kappa shape index (κ1) is 25.9. The molecular weight excluding hydrogens is 491 g/mol. The molecule has 1 aromatic heterocycles. The van der Waals surface area contributed by atoms with Crippen molar-refractivity contribution in [3.05, 3.63) is 64.9 Å². The molecule has 2 aliphatic heterocycles. The summed E-state index contributed by atoms with van der Waals surface area (Å²) in [5.74, 6) is -5.11. The first-order valence-electron chi connectivity index (χ1n) is 12.6. The molecule has 3 aromatic rings. The molecule has 5 rings (SSSR count). The molecule has 0 amide bonds. The maximum absolute atomic E-state index is 15.7. The topological polar surface area (TPSA) is 54.5 Å². The number of fused-ring (bicyclic) bond motifs is 3. The van der Waals surface area contributed by atoms with Crippen LogP contribution in [0.3, 0.4) is 0 Å². The minimum Gasteiger partial charge on any atom is -0.390 e. The highest BCUT2D eigenvalue weighted by atomic mass is 19.3. The Morgan fingerprint density at radius 2 is 1.84 bits per heavy atom. The van der Waals surface area contributed by atoms with Crippen LogP contribution in [0.4, 0.5) is 27.6 Å². The number of H-pyrrole nitrogens is 1. The Bertz CT molecular complexity index is 1240. The molecule has 10 heteroatoms. The summed E-state index contributed by atoms with van der Waals surface area (Å²) in [6.45, 7) is 1.09. The molecule has 3 heterocycles. The molecule has 2 unspecified atom stereocenters. The quantitative estimate of drug-likeness (QED) is 0.351. The van der Waals surface area contributed by atoms with Gasteiger partial charge in [-0.2, -0.15) is 0 Å². The number of rotatable bonds is 9. The lowest BCUT2D eigenvalue weighted by Gasteiger charge is -2.42. The highest BCUT2D eigenvalue weighted by Crippen LogP contribution is 2.43. The van der Waals surface area contributed by atoms with Crippen LogP contribution in [0, 0.1) is 11.6 Å². The predicted molar refractivity (Wildman–Crippen MR) is 133 cm³/mol. The van der Waals surface area contributed by atoms with Gasteiger partial charge in [-0.05, 0) is 43.5 Å². The number of nitrogens with zero attached hydrogens (tertiary/aromatic N) is 2. The third-order valence-corrected chi connectivity index (χ3v) is 7.45. The van der Waals surface area contributed by atoms with Crippen molar-refractivity contribution in [1.82, 2.24) is 14.8 Å². The molecule has 2 aliphatic rings. The zero-order chi connectivity index (χ0) is 26.3. The summed E-state index contributed by atoms with van der Waals surface area (Å²) in [5, 5.41) is 13.2. The number of hydrogen-bond donors (Lipinski definition) is 3. The normalized spacial score (nSPS) is 21.3. The summed E-state index contributed by atoms with van der Waals surface area (Å²) in [6, 6.07) is 8.25. The van der Waals surface area contributed by atoms with Gasteiger partial charge in [0.2, 0.25) is 0 Å². The fraction of sp³-hybridized carbons (Fsp3) is 0.481. The van der Waals surface area contributed by atoms with E-state index in [1.165, 1.54) is 17.0 Å². The van der Waals surface area contributed by atoms with Crippen LogP contribution in [0.15, 0.2) is 36.4 Å². The van der Waals surface area contributed by atoms with E-state index in [1.54, 1.807) is 6.92 Å². The molecule has 0 radical (unpaired) electrons. The summed E-state index contributed by atoms with van der Waals surface area (Å²) in [7, 11) is 0. The second-order valence-corrected chi connectivity index (χ2v) is 10.2. The maximum atomic E-state index is 15.7. The van der Waals surface area contributed by atoms with Crippen molar-refractivity contribution in [3.8, 4) is 0 Å². The Morgan fingerprint density at radius 3 is 2.51 bits per heavy atom. The Labute approximate surface area is 212 Å². The molecule has 5 nitrogen and oxygen atoms in total. The minimum absolute atomic E-state index is 0.0148. The number of benzene rings is 2.